The Morgan fingerprint density at radius 3 is 2.67 bits per heavy atom. The molecule has 1 saturated carbocycles. The lowest BCUT2D eigenvalue weighted by Gasteiger charge is -2.27. The molecule has 0 aromatic heterocycles. The van der Waals surface area contributed by atoms with Crippen LogP contribution >= 0.6 is 24.0 Å². The Bertz CT molecular complexity index is 397. The van der Waals surface area contributed by atoms with Crippen LogP contribution in [0, 0.1) is 11.7 Å². The summed E-state index contributed by atoms with van der Waals surface area (Å²) in [5.41, 5.74) is 6.75. The van der Waals surface area contributed by atoms with E-state index in [2.05, 4.69) is 11.9 Å². The van der Waals surface area contributed by atoms with Gasteiger partial charge in [0.15, 0.2) is 0 Å². The molecule has 1 unspecified atom stereocenters. The molecule has 102 valence electrons. The van der Waals surface area contributed by atoms with Gasteiger partial charge in [0, 0.05) is 24.2 Å². The van der Waals surface area contributed by atoms with Crippen molar-refractivity contribution < 1.29 is 4.39 Å². The third-order valence-corrected chi connectivity index (χ3v) is 3.76. The number of hydrogen-bond donors (Lipinski definition) is 1. The number of likely N-dealkylation sites (N-methyl/N-ethyl adjacent to an activating group) is 1. The zero-order valence-corrected chi connectivity index (χ0v) is 12.0. The Morgan fingerprint density at radius 1 is 1.50 bits per heavy atom. The molecular formula is C13H19Cl2FN2. The van der Waals surface area contributed by atoms with Gasteiger partial charge in [0.1, 0.15) is 5.82 Å². The van der Waals surface area contributed by atoms with E-state index in [1.165, 1.54) is 25.0 Å². The first kappa shape index (κ1) is 15.7. The quantitative estimate of drug-likeness (QED) is 0.904. The summed E-state index contributed by atoms with van der Waals surface area (Å²) in [5, 5.41) is 0.489. The van der Waals surface area contributed by atoms with Crippen LogP contribution in [0.4, 0.5) is 4.39 Å². The van der Waals surface area contributed by atoms with Crippen LogP contribution in [0.1, 0.15) is 18.4 Å². The summed E-state index contributed by atoms with van der Waals surface area (Å²) in [6, 6.07) is 4.97. The van der Waals surface area contributed by atoms with Gasteiger partial charge in [0.25, 0.3) is 0 Å². The Hall–Kier alpha value is -0.350. The summed E-state index contributed by atoms with van der Waals surface area (Å²) >= 11 is 6.02. The average Bonchev–Trinajstić information content (AvgIpc) is 3.08. The molecule has 0 saturated heterocycles. The van der Waals surface area contributed by atoms with Crippen molar-refractivity contribution >= 4 is 24.0 Å². The topological polar surface area (TPSA) is 29.3 Å². The van der Waals surface area contributed by atoms with Crippen molar-refractivity contribution in [2.24, 2.45) is 11.7 Å². The Labute approximate surface area is 119 Å². The highest BCUT2D eigenvalue weighted by atomic mass is 35.5. The zero-order chi connectivity index (χ0) is 12.4. The first-order chi connectivity index (χ1) is 8.11. The Kier molecular flexibility index (Phi) is 5.86. The van der Waals surface area contributed by atoms with Crippen molar-refractivity contribution in [3.63, 3.8) is 0 Å². The lowest BCUT2D eigenvalue weighted by atomic mass is 10.1. The van der Waals surface area contributed by atoms with E-state index in [1.54, 1.807) is 6.07 Å². The molecule has 18 heavy (non-hydrogen) atoms. The molecule has 5 heteroatoms. The molecule has 2 rings (SSSR count). The standard InChI is InChI=1S/C13H18ClFN2.ClH/c1-17(13(7-16)9-2-3-9)8-10-4-5-11(15)6-12(10)14;/h4-6,9,13H,2-3,7-8,16H2,1H3;1H. The normalized spacial score (nSPS) is 16.5. The molecule has 2 N–H and O–H groups in total. The van der Waals surface area contributed by atoms with Gasteiger partial charge in [-0.2, -0.15) is 0 Å². The van der Waals surface area contributed by atoms with Crippen molar-refractivity contribution in [3.8, 4) is 0 Å². The molecule has 1 aliphatic carbocycles. The maximum Gasteiger partial charge on any atom is 0.124 e. The van der Waals surface area contributed by atoms with Crippen molar-refractivity contribution in [1.82, 2.24) is 4.90 Å². The van der Waals surface area contributed by atoms with Gasteiger partial charge in [-0.25, -0.2) is 4.39 Å². The number of halogens is 3. The molecule has 0 spiro atoms. The monoisotopic (exact) mass is 292 g/mol. The van der Waals surface area contributed by atoms with Gasteiger partial charge in [-0.1, -0.05) is 17.7 Å². The predicted octanol–water partition coefficient (Wildman–Crippen LogP) is 3.07. The zero-order valence-electron chi connectivity index (χ0n) is 10.4. The minimum Gasteiger partial charge on any atom is -0.329 e. The van der Waals surface area contributed by atoms with E-state index in [0.29, 0.717) is 17.6 Å². The van der Waals surface area contributed by atoms with E-state index in [1.807, 2.05) is 0 Å². The van der Waals surface area contributed by atoms with E-state index in [-0.39, 0.29) is 18.2 Å². The summed E-state index contributed by atoms with van der Waals surface area (Å²) in [7, 11) is 2.05. The largest absolute Gasteiger partial charge is 0.329 e. The number of hydrogen-bond acceptors (Lipinski definition) is 2. The summed E-state index contributed by atoms with van der Waals surface area (Å²) in [5.74, 6) is 0.434. The minimum atomic E-state index is -0.293. The van der Waals surface area contributed by atoms with Gasteiger partial charge in [0.2, 0.25) is 0 Å². The number of nitrogens with zero attached hydrogens (tertiary/aromatic N) is 1. The van der Waals surface area contributed by atoms with E-state index >= 15 is 0 Å². The van der Waals surface area contributed by atoms with E-state index in [4.69, 9.17) is 17.3 Å². The molecule has 1 aromatic carbocycles. The smallest absolute Gasteiger partial charge is 0.124 e. The van der Waals surface area contributed by atoms with E-state index in [0.717, 1.165) is 18.0 Å². The van der Waals surface area contributed by atoms with Crippen LogP contribution in [0.25, 0.3) is 0 Å². The summed E-state index contributed by atoms with van der Waals surface area (Å²) in [4.78, 5) is 2.22. The molecule has 0 bridgehead atoms. The van der Waals surface area contributed by atoms with E-state index in [9.17, 15) is 4.39 Å². The van der Waals surface area contributed by atoms with Crippen molar-refractivity contribution in [2.75, 3.05) is 13.6 Å². The third-order valence-electron chi connectivity index (χ3n) is 3.41. The molecule has 0 aliphatic heterocycles. The molecule has 0 radical (unpaired) electrons. The van der Waals surface area contributed by atoms with Crippen LogP contribution < -0.4 is 5.73 Å². The molecule has 0 heterocycles. The Morgan fingerprint density at radius 2 is 2.17 bits per heavy atom. The first-order valence-corrected chi connectivity index (χ1v) is 6.34. The molecule has 1 fully saturated rings. The van der Waals surface area contributed by atoms with Gasteiger partial charge in [0.05, 0.1) is 0 Å². The number of benzene rings is 1. The van der Waals surface area contributed by atoms with Gasteiger partial charge in [-0.15, -0.1) is 12.4 Å². The SMILES string of the molecule is CN(Cc1ccc(F)cc1Cl)C(CN)C1CC1.Cl. The van der Waals surface area contributed by atoms with Gasteiger partial charge < -0.3 is 5.73 Å². The van der Waals surface area contributed by atoms with E-state index < -0.39 is 0 Å². The Balaban J connectivity index is 0.00000162. The molecule has 1 aromatic rings. The fourth-order valence-corrected chi connectivity index (χ4v) is 2.48. The van der Waals surface area contributed by atoms with Gasteiger partial charge in [-0.3, -0.25) is 4.90 Å². The van der Waals surface area contributed by atoms with Crippen LogP contribution in [0.15, 0.2) is 18.2 Å². The fourth-order valence-electron chi connectivity index (χ4n) is 2.25. The summed E-state index contributed by atoms with van der Waals surface area (Å²) in [6.45, 7) is 1.39. The molecule has 1 aliphatic rings. The van der Waals surface area contributed by atoms with Crippen molar-refractivity contribution in [3.05, 3.63) is 34.6 Å². The highest BCUT2D eigenvalue weighted by Gasteiger charge is 2.32. The second kappa shape index (κ2) is 6.71. The fraction of sp³-hybridized carbons (Fsp3) is 0.538. The molecule has 2 nitrogen and oxygen atoms in total. The third kappa shape index (κ3) is 3.82. The minimum absolute atomic E-state index is 0. The molecular weight excluding hydrogens is 274 g/mol. The van der Waals surface area contributed by atoms with Crippen LogP contribution in [0.5, 0.6) is 0 Å². The average molecular weight is 293 g/mol. The maximum atomic E-state index is 12.9. The van der Waals surface area contributed by atoms with Crippen LogP contribution in [-0.4, -0.2) is 24.5 Å². The van der Waals surface area contributed by atoms with Gasteiger partial charge in [-0.05, 0) is 43.5 Å². The lowest BCUT2D eigenvalue weighted by Crippen LogP contribution is -2.39. The second-order valence-electron chi connectivity index (χ2n) is 4.79. The van der Waals surface area contributed by atoms with Crippen molar-refractivity contribution in [2.45, 2.75) is 25.4 Å². The summed E-state index contributed by atoms with van der Waals surface area (Å²) < 4.78 is 12.9. The van der Waals surface area contributed by atoms with Gasteiger partial charge >= 0.3 is 0 Å². The number of rotatable bonds is 5. The highest BCUT2D eigenvalue weighted by molar-refractivity contribution is 6.31. The lowest BCUT2D eigenvalue weighted by molar-refractivity contribution is 0.215. The second-order valence-corrected chi connectivity index (χ2v) is 5.20. The summed E-state index contributed by atoms with van der Waals surface area (Å²) in [6.07, 6.45) is 2.53. The maximum absolute atomic E-state index is 12.9. The predicted molar refractivity (Wildman–Crippen MR) is 75.7 cm³/mol. The van der Waals surface area contributed by atoms with Crippen LogP contribution in [0.2, 0.25) is 5.02 Å². The van der Waals surface area contributed by atoms with Crippen LogP contribution in [0.3, 0.4) is 0 Å². The highest BCUT2D eigenvalue weighted by Crippen LogP contribution is 2.35. The van der Waals surface area contributed by atoms with Crippen LogP contribution in [-0.2, 0) is 6.54 Å². The molecule has 1 atom stereocenters. The molecule has 0 amide bonds. The van der Waals surface area contributed by atoms with Crippen molar-refractivity contribution in [1.29, 1.82) is 0 Å². The first-order valence-electron chi connectivity index (χ1n) is 5.96. The number of nitrogens with two attached hydrogens (primary N) is 1.